The van der Waals surface area contributed by atoms with E-state index in [9.17, 15) is 23.3 Å². The second-order valence-electron chi connectivity index (χ2n) is 6.95. The van der Waals surface area contributed by atoms with Crippen molar-refractivity contribution in [2.75, 3.05) is 6.54 Å². The molecule has 1 aromatic heterocycles. The third kappa shape index (κ3) is 4.02. The van der Waals surface area contributed by atoms with Gasteiger partial charge in [0.2, 0.25) is 10.0 Å². The number of nitrogens with zero attached hydrogens (tertiary/aromatic N) is 4. The molecule has 0 aliphatic heterocycles. The van der Waals surface area contributed by atoms with Crippen LogP contribution in [-0.2, 0) is 16.6 Å². The third-order valence-electron chi connectivity index (χ3n) is 4.79. The summed E-state index contributed by atoms with van der Waals surface area (Å²) in [5.74, 6) is 0.571. The van der Waals surface area contributed by atoms with Gasteiger partial charge in [-0.25, -0.2) is 22.6 Å². The van der Waals surface area contributed by atoms with Crippen LogP contribution >= 0.6 is 0 Å². The van der Waals surface area contributed by atoms with E-state index in [0.29, 0.717) is 5.82 Å². The monoisotopic (exact) mass is 429 g/mol. The van der Waals surface area contributed by atoms with Crippen molar-refractivity contribution in [3.8, 4) is 11.4 Å². The average molecular weight is 429 g/mol. The highest BCUT2D eigenvalue weighted by atomic mass is 32.2. The lowest BCUT2D eigenvalue weighted by Gasteiger charge is -2.06. The van der Waals surface area contributed by atoms with Crippen LogP contribution in [0.25, 0.3) is 11.4 Å². The van der Waals surface area contributed by atoms with Gasteiger partial charge in [0.1, 0.15) is 0 Å². The van der Waals surface area contributed by atoms with E-state index in [0.717, 1.165) is 30.5 Å². The summed E-state index contributed by atoms with van der Waals surface area (Å²) < 4.78 is 30.1. The van der Waals surface area contributed by atoms with Gasteiger partial charge in [-0.2, -0.15) is 0 Å². The normalized spacial score (nSPS) is 14.0. The molecule has 0 spiro atoms. The first kappa shape index (κ1) is 20.0. The fraction of sp³-hybridized carbons (Fsp3) is 0.263. The zero-order valence-corrected chi connectivity index (χ0v) is 16.7. The van der Waals surface area contributed by atoms with E-state index < -0.39 is 14.9 Å². The molecule has 3 aromatic rings. The molecule has 0 bridgehead atoms. The van der Waals surface area contributed by atoms with Crippen molar-refractivity contribution in [3.63, 3.8) is 0 Å². The minimum Gasteiger partial charge on any atom is -0.272 e. The van der Waals surface area contributed by atoms with Crippen molar-refractivity contribution in [2.24, 2.45) is 0 Å². The Labute approximate surface area is 172 Å². The van der Waals surface area contributed by atoms with Crippen LogP contribution in [0.2, 0.25) is 0 Å². The highest BCUT2D eigenvalue weighted by Gasteiger charge is 2.30. The molecule has 4 rings (SSSR count). The second kappa shape index (κ2) is 7.84. The standard InChI is InChI=1S/C19H19N5O5S/c25-19-22(21-18(23(19)15-6-7-15)14-4-2-1-3-5-14)13-12-20-30(28,29)17-10-8-16(9-11-17)24(26)27/h1-5,8-11,15,20H,6-7,12-13H2. The number of nitrogens with one attached hydrogen (secondary N) is 1. The Balaban J connectivity index is 1.50. The molecule has 10 nitrogen and oxygen atoms in total. The lowest BCUT2D eigenvalue weighted by Crippen LogP contribution is -2.32. The predicted molar refractivity (Wildman–Crippen MR) is 108 cm³/mol. The summed E-state index contributed by atoms with van der Waals surface area (Å²) >= 11 is 0. The molecule has 1 aliphatic carbocycles. The van der Waals surface area contributed by atoms with Crippen LogP contribution < -0.4 is 10.4 Å². The lowest BCUT2D eigenvalue weighted by atomic mass is 10.2. The molecule has 0 radical (unpaired) electrons. The van der Waals surface area contributed by atoms with Crippen LogP contribution in [0.3, 0.4) is 0 Å². The van der Waals surface area contributed by atoms with Crippen molar-refractivity contribution in [1.82, 2.24) is 19.1 Å². The number of sulfonamides is 1. The van der Waals surface area contributed by atoms with Crippen molar-refractivity contribution < 1.29 is 13.3 Å². The minimum absolute atomic E-state index is 0.0465. The van der Waals surface area contributed by atoms with Crippen LogP contribution in [0.4, 0.5) is 5.69 Å². The van der Waals surface area contributed by atoms with Crippen molar-refractivity contribution in [1.29, 1.82) is 0 Å². The van der Waals surface area contributed by atoms with Gasteiger partial charge in [0, 0.05) is 30.3 Å². The molecular weight excluding hydrogens is 410 g/mol. The number of hydrogen-bond donors (Lipinski definition) is 1. The molecule has 0 unspecified atom stereocenters. The molecule has 0 amide bonds. The molecule has 1 aliphatic rings. The number of aromatic nitrogens is 3. The van der Waals surface area contributed by atoms with Gasteiger partial charge in [-0.1, -0.05) is 30.3 Å². The van der Waals surface area contributed by atoms with E-state index in [1.165, 1.54) is 16.8 Å². The first-order chi connectivity index (χ1) is 14.4. The molecule has 2 aromatic carbocycles. The van der Waals surface area contributed by atoms with E-state index in [-0.39, 0.29) is 35.4 Å². The lowest BCUT2D eigenvalue weighted by molar-refractivity contribution is -0.384. The molecule has 1 N–H and O–H groups in total. The fourth-order valence-corrected chi connectivity index (χ4v) is 4.15. The van der Waals surface area contributed by atoms with Gasteiger partial charge < -0.3 is 0 Å². The Hall–Kier alpha value is -3.31. The molecule has 1 heterocycles. The predicted octanol–water partition coefficient (Wildman–Crippen LogP) is 1.93. The van der Waals surface area contributed by atoms with Crippen LogP contribution in [0.15, 0.2) is 64.3 Å². The van der Waals surface area contributed by atoms with E-state index in [1.807, 2.05) is 30.3 Å². The number of non-ortho nitro benzene ring substituents is 1. The van der Waals surface area contributed by atoms with E-state index in [1.54, 1.807) is 4.57 Å². The Kier molecular flexibility index (Phi) is 5.22. The Morgan fingerprint density at radius 1 is 1.10 bits per heavy atom. The smallest absolute Gasteiger partial charge is 0.272 e. The molecule has 1 saturated carbocycles. The maximum Gasteiger partial charge on any atom is 0.346 e. The summed E-state index contributed by atoms with van der Waals surface area (Å²) in [6, 6.07) is 14.1. The Bertz CT molecular complexity index is 1230. The van der Waals surface area contributed by atoms with Crippen molar-refractivity contribution in [3.05, 3.63) is 75.2 Å². The van der Waals surface area contributed by atoms with Gasteiger partial charge in [-0.05, 0) is 25.0 Å². The number of hydrogen-bond acceptors (Lipinski definition) is 6. The summed E-state index contributed by atoms with van der Waals surface area (Å²) in [5, 5.41) is 15.1. The van der Waals surface area contributed by atoms with Gasteiger partial charge in [-0.15, -0.1) is 5.10 Å². The highest BCUT2D eigenvalue weighted by molar-refractivity contribution is 7.89. The molecule has 0 saturated heterocycles. The number of nitro groups is 1. The van der Waals surface area contributed by atoms with Crippen molar-refractivity contribution in [2.45, 2.75) is 30.3 Å². The summed E-state index contributed by atoms with van der Waals surface area (Å²) in [6.07, 6.45) is 1.83. The average Bonchev–Trinajstić information content (AvgIpc) is 3.52. The van der Waals surface area contributed by atoms with E-state index in [2.05, 4.69) is 9.82 Å². The topological polar surface area (TPSA) is 129 Å². The van der Waals surface area contributed by atoms with Gasteiger partial charge in [0.15, 0.2) is 5.82 Å². The molecule has 156 valence electrons. The van der Waals surface area contributed by atoms with Gasteiger partial charge in [-0.3, -0.25) is 14.7 Å². The molecule has 1 fully saturated rings. The maximum absolute atomic E-state index is 12.8. The van der Waals surface area contributed by atoms with E-state index >= 15 is 0 Å². The molecular formula is C19H19N5O5S. The van der Waals surface area contributed by atoms with E-state index in [4.69, 9.17) is 0 Å². The zero-order valence-electron chi connectivity index (χ0n) is 15.8. The SMILES string of the molecule is O=c1n(CCNS(=O)(=O)c2ccc([N+](=O)[O-])cc2)nc(-c2ccccc2)n1C1CC1. The van der Waals surface area contributed by atoms with Crippen LogP contribution in [0.5, 0.6) is 0 Å². The highest BCUT2D eigenvalue weighted by Crippen LogP contribution is 2.36. The number of rotatable bonds is 8. The Morgan fingerprint density at radius 2 is 1.77 bits per heavy atom. The van der Waals surface area contributed by atoms with Gasteiger partial charge in [0.05, 0.1) is 16.4 Å². The van der Waals surface area contributed by atoms with Gasteiger partial charge >= 0.3 is 5.69 Å². The first-order valence-corrected chi connectivity index (χ1v) is 10.8. The summed E-state index contributed by atoms with van der Waals surface area (Å²) in [4.78, 5) is 22.8. The third-order valence-corrected chi connectivity index (χ3v) is 6.26. The van der Waals surface area contributed by atoms with Crippen molar-refractivity contribution >= 4 is 15.7 Å². The Morgan fingerprint density at radius 3 is 2.37 bits per heavy atom. The quantitative estimate of drug-likeness (QED) is 0.430. The largest absolute Gasteiger partial charge is 0.346 e. The summed E-state index contributed by atoms with van der Waals surface area (Å²) in [5.41, 5.74) is 0.358. The molecule has 11 heteroatoms. The van der Waals surface area contributed by atoms with Crippen LogP contribution in [-0.4, -0.2) is 34.2 Å². The van der Waals surface area contributed by atoms with Gasteiger partial charge in [0.25, 0.3) is 5.69 Å². The fourth-order valence-electron chi connectivity index (χ4n) is 3.13. The summed E-state index contributed by atoms with van der Waals surface area (Å²) in [6.45, 7) is 0.0136. The van der Waals surface area contributed by atoms with Crippen LogP contribution in [0, 0.1) is 10.1 Å². The van der Waals surface area contributed by atoms with Crippen LogP contribution in [0.1, 0.15) is 18.9 Å². The number of nitro benzene ring substituents is 1. The zero-order chi connectivity index (χ0) is 21.3. The molecule has 0 atom stereocenters. The summed E-state index contributed by atoms with van der Waals surface area (Å²) in [7, 11) is -3.87. The second-order valence-corrected chi connectivity index (χ2v) is 8.71. The maximum atomic E-state index is 12.8. The molecule has 30 heavy (non-hydrogen) atoms. The number of benzene rings is 2. The minimum atomic E-state index is -3.87. The first-order valence-electron chi connectivity index (χ1n) is 9.36.